The van der Waals surface area contributed by atoms with Gasteiger partial charge in [-0.1, -0.05) is 185 Å². The summed E-state index contributed by atoms with van der Waals surface area (Å²) in [5.74, 6) is -0.496. The topological polar surface area (TPSA) is 257 Å². The monoisotopic (exact) mass is 1320 g/mol. The summed E-state index contributed by atoms with van der Waals surface area (Å²) in [6, 6.07) is 28.6. The molecule has 1 amide bonds. The molecule has 0 saturated carbocycles. The zero-order valence-corrected chi connectivity index (χ0v) is 62.6. The van der Waals surface area contributed by atoms with E-state index in [9.17, 15) is 38.4 Å². The van der Waals surface area contributed by atoms with Crippen molar-refractivity contribution in [3.8, 4) is 0 Å². The van der Waals surface area contributed by atoms with Gasteiger partial charge in [0.1, 0.15) is 24.4 Å². The normalized spacial score (nSPS) is 16.8. The molecule has 3 radical (unpaired) electrons. The largest absolute Gasteiger partial charge is 1.00 e. The van der Waals surface area contributed by atoms with E-state index in [2.05, 4.69) is 58.2 Å². The summed E-state index contributed by atoms with van der Waals surface area (Å²) in [4.78, 5) is 95.9. The van der Waals surface area contributed by atoms with Crippen LogP contribution in [0, 0.1) is 57.2 Å². The number of aldehydes is 1. The fourth-order valence-corrected chi connectivity index (χ4v) is 10.8. The number of aryl methyl sites for hydroxylation is 3. The van der Waals surface area contributed by atoms with E-state index in [1.54, 1.807) is 17.9 Å². The Bertz CT molecular complexity index is 2600. The van der Waals surface area contributed by atoms with Crippen molar-refractivity contribution in [3.05, 3.63) is 127 Å². The van der Waals surface area contributed by atoms with Crippen LogP contribution in [0.1, 0.15) is 172 Å². The molecule has 0 bridgehead atoms. The second kappa shape index (κ2) is 51.2. The Labute approximate surface area is 591 Å². The van der Waals surface area contributed by atoms with Crippen LogP contribution in [0.4, 0.5) is 0 Å². The molecule has 11 atom stereocenters. The summed E-state index contributed by atoms with van der Waals surface area (Å²) in [5.41, 5.74) is 7.13. The van der Waals surface area contributed by atoms with Crippen molar-refractivity contribution in [2.45, 2.75) is 191 Å². The van der Waals surface area contributed by atoms with Crippen LogP contribution in [-0.4, -0.2) is 135 Å². The van der Waals surface area contributed by atoms with E-state index in [0.29, 0.717) is 57.0 Å². The number of rotatable bonds is 32. The minimum atomic E-state index is -0.661. The minimum absolute atomic E-state index is 0. The van der Waals surface area contributed by atoms with Gasteiger partial charge in [-0.3, -0.25) is 28.8 Å². The van der Waals surface area contributed by atoms with Gasteiger partial charge in [0, 0.05) is 22.8 Å². The molecule has 3 N–H and O–H groups in total. The Kier molecular flexibility index (Phi) is 51.3. The first-order chi connectivity index (χ1) is 43.6. The van der Waals surface area contributed by atoms with Crippen LogP contribution in [0.25, 0.3) is 0 Å². The third-order valence-corrected chi connectivity index (χ3v) is 19.0. The molecule has 1 fully saturated rings. The summed E-state index contributed by atoms with van der Waals surface area (Å²) in [6.45, 7) is 33.8. The first-order valence-corrected chi connectivity index (χ1v) is 32.3. The number of nitrogens with two attached hydrogens (primary N) is 1. The van der Waals surface area contributed by atoms with Crippen molar-refractivity contribution in [2.75, 3.05) is 55.7 Å². The number of nitrogens with one attached hydrogen (secondary N) is 1. The van der Waals surface area contributed by atoms with Gasteiger partial charge in [-0.05, 0) is 125 Å². The van der Waals surface area contributed by atoms with E-state index in [-0.39, 0.29) is 111 Å². The van der Waals surface area contributed by atoms with E-state index < -0.39 is 28.3 Å². The van der Waals surface area contributed by atoms with Gasteiger partial charge in [0.2, 0.25) is 5.91 Å². The number of ether oxygens (including phenoxy) is 6. The number of likely N-dealkylation sites (tertiary alicyclic amines) is 1. The number of benzene rings is 3. The van der Waals surface area contributed by atoms with Gasteiger partial charge in [0.25, 0.3) is 0 Å². The standard InChI is InChI=1S/C21H33NO4.C20H29NO3.C11H15NO2.C11H20O2.C10H18O3.CN.B.Na.H2/c1-6-16(2)21(3,20(24)26-5)14-15-22-18(19(23)25-4)13-12-17-10-8-7-9-11-17;1-5-15(2)20(3)13-14-21(19(20)23)17(18(22)24-4)12-11-16-9-7-6-8-10-16;1-14-11(13)10(12)8-7-9-5-3-2-4-6-9;1-6-8-11(4,9(3)7-2)10(12)13-5;1-5-8(2)10(3,6-7-11)9(12)13-4;1-2;;;/h7-11,16,18,22H,6,12-15H2,1-5H3;6-10,15,17H,5,11-14H2,1-4H3;2-6,10H,7-8,12H2,1H3;6,9H,1,7-8H2,2-5H3;7-8H,5-6H2,1-4H3;;;;1H/q;;;;;-1;;+1;/t16?,18-,21+;15?,17?,20-;10-;9-,11-;8-,10-;;;;/m01011..../s1/i;;;;;;;;1+1. The molecule has 1 aliphatic rings. The molecule has 3 aromatic carbocycles. The van der Waals surface area contributed by atoms with Gasteiger partial charge in [0.05, 0.1) is 64.3 Å². The number of hydrogen-bond acceptors (Lipinski definition) is 17. The number of allylic oxidation sites excluding steroid dienone is 1. The average Bonchev–Trinajstić information content (AvgIpc) is 1.65. The quantitative estimate of drug-likeness (QED) is 0.0147. The maximum atomic E-state index is 13.0. The molecule has 1 saturated heterocycles. The predicted octanol–water partition coefficient (Wildman–Crippen LogP) is 9.49. The molecule has 1 aliphatic heterocycles. The molecule has 521 valence electrons. The van der Waals surface area contributed by atoms with Crippen molar-refractivity contribution >= 4 is 56.4 Å². The number of hydrogen-bond donors (Lipinski definition) is 2. The Morgan fingerprint density at radius 3 is 1.35 bits per heavy atom. The van der Waals surface area contributed by atoms with Crippen LogP contribution in [-0.2, 0) is 86.0 Å². The molecule has 20 heteroatoms. The van der Waals surface area contributed by atoms with Gasteiger partial charge >= 0.3 is 65.4 Å². The zero-order chi connectivity index (χ0) is 70.7. The summed E-state index contributed by atoms with van der Waals surface area (Å²) >= 11 is 0. The molecule has 18 nitrogen and oxygen atoms in total. The second-order valence-corrected chi connectivity index (χ2v) is 24.5. The van der Waals surface area contributed by atoms with Crippen LogP contribution < -0.4 is 40.6 Å². The fourth-order valence-electron chi connectivity index (χ4n) is 10.8. The SMILES string of the molecule is C=CC[C@@](C)(C(=O)OC)[C@H](C)CC.CCC(C)[C@@](C)(CCN[C@@H](CCc1ccccc1)C(=O)OC)C(=O)OC.CCC(C)[C@@]1(C)CCN(C(CCc2ccccc2)C(=O)OC)C1=O.CC[C@@H](C)[C@@](C)(CC=O)C(=O)OC.COC(=O)[C@@H](N)CCc1ccccc1.[2HH].[B].[C-]#N.[Na+]. The van der Waals surface area contributed by atoms with E-state index in [0.717, 1.165) is 57.7 Å². The molecule has 3 aromatic rings. The van der Waals surface area contributed by atoms with E-state index in [1.165, 1.54) is 59.3 Å². The van der Waals surface area contributed by atoms with Gasteiger partial charge in [-0.15, -0.1) is 6.58 Å². The van der Waals surface area contributed by atoms with Crippen LogP contribution >= 0.6 is 0 Å². The van der Waals surface area contributed by atoms with Crippen molar-refractivity contribution in [2.24, 2.45) is 51.1 Å². The van der Waals surface area contributed by atoms with E-state index in [1.807, 2.05) is 126 Å². The van der Waals surface area contributed by atoms with E-state index >= 15 is 0 Å². The second-order valence-electron chi connectivity index (χ2n) is 24.5. The Morgan fingerprint density at radius 2 is 0.989 bits per heavy atom. The number of carbonyl (C=O) groups excluding carboxylic acids is 8. The predicted molar refractivity (Wildman–Crippen MR) is 369 cm³/mol. The Morgan fingerprint density at radius 1 is 0.617 bits per heavy atom. The molecule has 3 unspecified atom stereocenters. The molecule has 4 rings (SSSR count). The molecule has 94 heavy (non-hydrogen) atoms. The van der Waals surface area contributed by atoms with Gasteiger partial charge < -0.3 is 61.0 Å². The van der Waals surface area contributed by atoms with Gasteiger partial charge in [-0.2, -0.15) is 0 Å². The molecule has 0 aromatic heterocycles. The van der Waals surface area contributed by atoms with Crippen LogP contribution in [0.2, 0.25) is 0 Å². The van der Waals surface area contributed by atoms with Crippen molar-refractivity contribution in [1.82, 2.24) is 10.2 Å². The van der Waals surface area contributed by atoms with Crippen LogP contribution in [0.5, 0.6) is 0 Å². The Hall–Kier alpha value is -6.17. The fraction of sp³-hybridized carbons (Fsp3) is 0.608. The van der Waals surface area contributed by atoms with Crippen LogP contribution in [0.15, 0.2) is 104 Å². The first-order valence-electron chi connectivity index (χ1n) is 32.3. The van der Waals surface area contributed by atoms with Gasteiger partial charge in [0.15, 0.2) is 0 Å². The Balaban J connectivity index is -0.000000362. The number of amides is 1. The number of esters is 6. The summed E-state index contributed by atoms with van der Waals surface area (Å²) in [7, 11) is 8.36. The van der Waals surface area contributed by atoms with Crippen molar-refractivity contribution in [3.63, 3.8) is 0 Å². The number of nitrogens with zero attached hydrogens (tertiary/aromatic N) is 2. The van der Waals surface area contributed by atoms with Crippen molar-refractivity contribution in [1.29, 1.82) is 5.26 Å². The summed E-state index contributed by atoms with van der Waals surface area (Å²) < 4.78 is 29.0. The van der Waals surface area contributed by atoms with Crippen molar-refractivity contribution < 1.29 is 97.8 Å². The third-order valence-electron chi connectivity index (χ3n) is 19.0. The minimum Gasteiger partial charge on any atom is -0.512 e. The maximum Gasteiger partial charge on any atom is 1.00 e. The smallest absolute Gasteiger partial charge is 0.512 e. The molecule has 0 spiro atoms. The molecular formula is C74H117BN4NaO14. The average molecular weight is 1320 g/mol. The summed E-state index contributed by atoms with van der Waals surface area (Å²) in [6.07, 6.45) is 12.8. The van der Waals surface area contributed by atoms with E-state index in [4.69, 9.17) is 41.3 Å². The summed E-state index contributed by atoms with van der Waals surface area (Å²) in [5, 5.41) is 9.52. The first kappa shape index (κ1) is 94.2. The molecule has 0 aliphatic carbocycles. The molecule has 1 heterocycles. The number of carbonyl (C=O) groups is 8. The van der Waals surface area contributed by atoms with Crippen LogP contribution in [0.3, 0.4) is 0 Å². The number of methoxy groups -OCH3 is 6. The third kappa shape index (κ3) is 30.7. The maximum absolute atomic E-state index is 13.0. The zero-order valence-electron chi connectivity index (χ0n) is 60.6. The van der Waals surface area contributed by atoms with Gasteiger partial charge in [-0.25, -0.2) is 4.79 Å². The molecular weight excluding hydrogens is 1200 g/mol.